The van der Waals surface area contributed by atoms with Crippen molar-refractivity contribution in [1.29, 1.82) is 0 Å². The molecule has 124 valence electrons. The van der Waals surface area contributed by atoms with Gasteiger partial charge in [0.1, 0.15) is 5.75 Å². The lowest BCUT2D eigenvalue weighted by Crippen LogP contribution is -1.93. The van der Waals surface area contributed by atoms with Crippen molar-refractivity contribution in [3.8, 4) is 5.75 Å². The summed E-state index contributed by atoms with van der Waals surface area (Å²) in [7, 11) is 1.64. The molecule has 0 fully saturated rings. The number of thioether (sulfide) groups is 1. The Hall–Kier alpha value is -1.47. The van der Waals surface area contributed by atoms with Gasteiger partial charge in [-0.05, 0) is 29.8 Å². The fourth-order valence-electron chi connectivity index (χ4n) is 1.96. The Balaban J connectivity index is 1.65. The van der Waals surface area contributed by atoms with Crippen LogP contribution >= 0.6 is 46.3 Å². The second-order valence-corrected chi connectivity index (χ2v) is 7.77. The van der Waals surface area contributed by atoms with E-state index in [1.165, 1.54) is 11.3 Å². The lowest BCUT2D eigenvalue weighted by molar-refractivity contribution is 0.417. The second-order valence-electron chi connectivity index (χ2n) is 4.72. The molecule has 8 heteroatoms. The largest absolute Gasteiger partial charge is 0.495 e. The molecule has 0 radical (unpaired) electrons. The summed E-state index contributed by atoms with van der Waals surface area (Å²) in [6, 6.07) is 13.2. The van der Waals surface area contributed by atoms with Gasteiger partial charge in [-0.1, -0.05) is 64.5 Å². The SMILES string of the molecule is COc1ccccc1Nc1nnc(SCc2ccc(Cl)cc2Cl)s1. The maximum absolute atomic E-state index is 6.19. The van der Waals surface area contributed by atoms with Crippen LogP contribution in [-0.2, 0) is 5.75 Å². The van der Waals surface area contributed by atoms with Crippen molar-refractivity contribution in [2.45, 2.75) is 10.1 Å². The fraction of sp³-hybridized carbons (Fsp3) is 0.125. The summed E-state index contributed by atoms with van der Waals surface area (Å²) in [6.07, 6.45) is 0. The summed E-state index contributed by atoms with van der Waals surface area (Å²) in [4.78, 5) is 0. The molecule has 3 rings (SSSR count). The van der Waals surface area contributed by atoms with E-state index in [0.29, 0.717) is 20.9 Å². The van der Waals surface area contributed by atoms with Crippen molar-refractivity contribution in [2.75, 3.05) is 12.4 Å². The summed E-state index contributed by atoms with van der Waals surface area (Å²) >= 11 is 15.2. The van der Waals surface area contributed by atoms with E-state index in [9.17, 15) is 0 Å². The molecular formula is C16H13Cl2N3OS2. The predicted octanol–water partition coefficient (Wildman–Crippen LogP) is 5.89. The average Bonchev–Trinajstić information content (AvgIpc) is 3.02. The molecule has 0 amide bonds. The summed E-state index contributed by atoms with van der Waals surface area (Å²) in [5.74, 6) is 1.47. The number of rotatable bonds is 6. The number of aromatic nitrogens is 2. The maximum Gasteiger partial charge on any atom is 0.210 e. The van der Waals surface area contributed by atoms with E-state index >= 15 is 0 Å². The van der Waals surface area contributed by atoms with Gasteiger partial charge in [0.2, 0.25) is 5.13 Å². The van der Waals surface area contributed by atoms with Gasteiger partial charge in [-0.25, -0.2) is 0 Å². The number of nitrogens with zero attached hydrogens (tertiary/aromatic N) is 2. The fourth-order valence-corrected chi connectivity index (χ4v) is 4.28. The van der Waals surface area contributed by atoms with Crippen molar-refractivity contribution in [3.63, 3.8) is 0 Å². The molecule has 1 N–H and O–H groups in total. The number of nitrogens with one attached hydrogen (secondary N) is 1. The third-order valence-corrected chi connectivity index (χ3v) is 5.73. The summed E-state index contributed by atoms with van der Waals surface area (Å²) in [5, 5.41) is 13.6. The van der Waals surface area contributed by atoms with Crippen molar-refractivity contribution in [2.24, 2.45) is 0 Å². The number of hydrogen-bond donors (Lipinski definition) is 1. The van der Waals surface area contributed by atoms with E-state index in [0.717, 1.165) is 21.3 Å². The van der Waals surface area contributed by atoms with Crippen LogP contribution in [0.3, 0.4) is 0 Å². The molecule has 1 aromatic heterocycles. The van der Waals surface area contributed by atoms with E-state index < -0.39 is 0 Å². The third-order valence-electron chi connectivity index (χ3n) is 3.12. The van der Waals surface area contributed by atoms with Gasteiger partial charge in [-0.3, -0.25) is 0 Å². The van der Waals surface area contributed by atoms with Crippen LogP contribution in [0.1, 0.15) is 5.56 Å². The second kappa shape index (κ2) is 8.07. The van der Waals surface area contributed by atoms with Crippen LogP contribution in [0, 0.1) is 0 Å². The average molecular weight is 398 g/mol. The molecule has 0 spiro atoms. The van der Waals surface area contributed by atoms with E-state index in [2.05, 4.69) is 15.5 Å². The van der Waals surface area contributed by atoms with Gasteiger partial charge >= 0.3 is 0 Å². The summed E-state index contributed by atoms with van der Waals surface area (Å²) in [5.41, 5.74) is 1.87. The number of benzene rings is 2. The minimum Gasteiger partial charge on any atom is -0.495 e. The molecule has 0 saturated heterocycles. The Morgan fingerprint density at radius 1 is 1.17 bits per heavy atom. The molecule has 3 aromatic rings. The zero-order chi connectivity index (χ0) is 16.9. The Morgan fingerprint density at radius 2 is 2.00 bits per heavy atom. The van der Waals surface area contributed by atoms with Gasteiger partial charge in [0.25, 0.3) is 0 Å². The molecule has 0 aliphatic rings. The number of halogens is 2. The Morgan fingerprint density at radius 3 is 2.79 bits per heavy atom. The van der Waals surface area contributed by atoms with Crippen molar-refractivity contribution >= 4 is 57.1 Å². The van der Waals surface area contributed by atoms with Crippen LogP contribution < -0.4 is 10.1 Å². The molecule has 0 bridgehead atoms. The lowest BCUT2D eigenvalue weighted by atomic mass is 10.2. The van der Waals surface area contributed by atoms with Crippen LogP contribution in [0.2, 0.25) is 10.0 Å². The predicted molar refractivity (Wildman–Crippen MR) is 102 cm³/mol. The van der Waals surface area contributed by atoms with E-state index in [4.69, 9.17) is 27.9 Å². The Bertz CT molecular complexity index is 842. The van der Waals surface area contributed by atoms with Crippen LogP contribution in [0.4, 0.5) is 10.8 Å². The normalized spacial score (nSPS) is 10.6. The minimum atomic E-state index is 0.632. The molecule has 24 heavy (non-hydrogen) atoms. The maximum atomic E-state index is 6.19. The highest BCUT2D eigenvalue weighted by Gasteiger charge is 2.09. The zero-order valence-corrected chi connectivity index (χ0v) is 15.8. The van der Waals surface area contributed by atoms with Gasteiger partial charge in [0, 0.05) is 15.8 Å². The van der Waals surface area contributed by atoms with E-state index in [1.807, 2.05) is 36.4 Å². The lowest BCUT2D eigenvalue weighted by Gasteiger charge is -2.07. The molecule has 4 nitrogen and oxygen atoms in total. The summed E-state index contributed by atoms with van der Waals surface area (Å²) in [6.45, 7) is 0. The first-order valence-corrected chi connectivity index (χ1v) is 9.52. The standard InChI is InChI=1S/C16H13Cl2N3OS2/c1-22-14-5-3-2-4-13(14)19-15-20-21-16(24-15)23-9-10-6-7-11(17)8-12(10)18/h2-8H,9H2,1H3,(H,19,20). The van der Waals surface area contributed by atoms with Crippen molar-refractivity contribution in [1.82, 2.24) is 10.2 Å². The molecule has 0 saturated carbocycles. The quantitative estimate of drug-likeness (QED) is 0.525. The van der Waals surface area contributed by atoms with Crippen LogP contribution in [-0.4, -0.2) is 17.3 Å². The molecule has 0 unspecified atom stereocenters. The highest BCUT2D eigenvalue weighted by atomic mass is 35.5. The highest BCUT2D eigenvalue weighted by molar-refractivity contribution is 8.00. The van der Waals surface area contributed by atoms with Gasteiger partial charge < -0.3 is 10.1 Å². The highest BCUT2D eigenvalue weighted by Crippen LogP contribution is 2.34. The van der Waals surface area contributed by atoms with E-state index in [-0.39, 0.29) is 0 Å². The first-order chi connectivity index (χ1) is 11.7. The van der Waals surface area contributed by atoms with Gasteiger partial charge in [-0.2, -0.15) is 0 Å². The van der Waals surface area contributed by atoms with Gasteiger partial charge in [-0.15, -0.1) is 10.2 Å². The third kappa shape index (κ3) is 4.33. The van der Waals surface area contributed by atoms with Gasteiger partial charge in [0.15, 0.2) is 4.34 Å². The van der Waals surface area contributed by atoms with Crippen LogP contribution in [0.15, 0.2) is 46.8 Å². The molecule has 2 aromatic carbocycles. The zero-order valence-electron chi connectivity index (χ0n) is 12.6. The van der Waals surface area contributed by atoms with Crippen molar-refractivity contribution in [3.05, 3.63) is 58.1 Å². The topological polar surface area (TPSA) is 47.0 Å². The van der Waals surface area contributed by atoms with Crippen LogP contribution in [0.25, 0.3) is 0 Å². The molecule has 0 aliphatic heterocycles. The number of methoxy groups -OCH3 is 1. The first-order valence-electron chi connectivity index (χ1n) is 6.96. The Kier molecular flexibility index (Phi) is 5.84. The number of ether oxygens (including phenoxy) is 1. The van der Waals surface area contributed by atoms with E-state index in [1.54, 1.807) is 24.9 Å². The Labute approximate surface area is 158 Å². The number of hydrogen-bond acceptors (Lipinski definition) is 6. The number of para-hydroxylation sites is 2. The number of anilines is 2. The van der Waals surface area contributed by atoms with Crippen LogP contribution in [0.5, 0.6) is 5.75 Å². The summed E-state index contributed by atoms with van der Waals surface area (Å²) < 4.78 is 6.18. The minimum absolute atomic E-state index is 0.632. The monoisotopic (exact) mass is 397 g/mol. The molecule has 1 heterocycles. The molecular weight excluding hydrogens is 385 g/mol. The van der Waals surface area contributed by atoms with Crippen molar-refractivity contribution < 1.29 is 4.74 Å². The molecule has 0 atom stereocenters. The molecule has 0 aliphatic carbocycles. The first kappa shape index (κ1) is 17.4. The smallest absolute Gasteiger partial charge is 0.210 e. The van der Waals surface area contributed by atoms with Gasteiger partial charge in [0.05, 0.1) is 12.8 Å².